The predicted octanol–water partition coefficient (Wildman–Crippen LogP) is 1.82. The molecule has 1 aromatic rings. The standard InChI is InChI=1S/C8H14O2.C5H6N2O/c1-10-8(9)7-5-3-2-4-6-7;1-4-2-7-5(8)3-6-4/h7H,2-6H2,1H3;2-3H,1H3,(H,7,8). The molecular weight excluding hydrogens is 232 g/mol. The Morgan fingerprint density at radius 2 is 2.06 bits per heavy atom. The first kappa shape index (κ1) is 14.4. The van der Waals surface area contributed by atoms with Crippen LogP contribution in [0.4, 0.5) is 0 Å². The number of nitrogens with one attached hydrogen (secondary N) is 1. The third-order valence-electron chi connectivity index (χ3n) is 2.95. The molecule has 1 fully saturated rings. The van der Waals surface area contributed by atoms with Gasteiger partial charge in [-0.2, -0.15) is 0 Å². The van der Waals surface area contributed by atoms with Gasteiger partial charge in [0.15, 0.2) is 0 Å². The molecule has 0 aromatic carbocycles. The number of nitrogens with zero attached hydrogens (tertiary/aromatic N) is 1. The summed E-state index contributed by atoms with van der Waals surface area (Å²) in [6.45, 7) is 1.82. The van der Waals surface area contributed by atoms with Crippen LogP contribution in [0.15, 0.2) is 17.2 Å². The average molecular weight is 252 g/mol. The highest BCUT2D eigenvalue weighted by atomic mass is 16.5. The molecule has 0 radical (unpaired) electrons. The van der Waals surface area contributed by atoms with Crippen molar-refractivity contribution in [3.63, 3.8) is 0 Å². The highest BCUT2D eigenvalue weighted by Crippen LogP contribution is 2.24. The predicted molar refractivity (Wildman–Crippen MR) is 68.2 cm³/mol. The molecule has 5 heteroatoms. The van der Waals surface area contributed by atoms with E-state index in [1.807, 2.05) is 6.92 Å². The molecule has 0 bridgehead atoms. The lowest BCUT2D eigenvalue weighted by molar-refractivity contribution is -0.146. The zero-order valence-electron chi connectivity index (χ0n) is 10.9. The SMILES string of the molecule is COC(=O)C1CCCCC1.Cc1c[nH]c(=O)cn1. The molecule has 1 aliphatic rings. The van der Waals surface area contributed by atoms with Gasteiger partial charge in [-0.25, -0.2) is 0 Å². The molecule has 0 aliphatic heterocycles. The molecule has 0 saturated heterocycles. The maximum Gasteiger partial charge on any atom is 0.308 e. The summed E-state index contributed by atoms with van der Waals surface area (Å²) in [4.78, 5) is 27.5. The summed E-state index contributed by atoms with van der Waals surface area (Å²) in [6.07, 6.45) is 8.57. The largest absolute Gasteiger partial charge is 0.469 e. The van der Waals surface area contributed by atoms with E-state index in [-0.39, 0.29) is 17.4 Å². The first-order chi connectivity index (χ1) is 8.63. The van der Waals surface area contributed by atoms with Gasteiger partial charge in [-0.1, -0.05) is 19.3 Å². The van der Waals surface area contributed by atoms with Gasteiger partial charge in [0.05, 0.1) is 24.9 Å². The van der Waals surface area contributed by atoms with Gasteiger partial charge in [0.25, 0.3) is 5.56 Å². The van der Waals surface area contributed by atoms with E-state index in [0.29, 0.717) is 0 Å². The van der Waals surface area contributed by atoms with Crippen LogP contribution in [0.1, 0.15) is 37.8 Å². The fourth-order valence-electron chi connectivity index (χ4n) is 1.92. The zero-order chi connectivity index (χ0) is 13.4. The molecule has 0 spiro atoms. The van der Waals surface area contributed by atoms with E-state index >= 15 is 0 Å². The summed E-state index contributed by atoms with van der Waals surface area (Å²) in [5, 5.41) is 0. The number of carbonyl (C=O) groups excluding carboxylic acids is 1. The number of carbonyl (C=O) groups is 1. The van der Waals surface area contributed by atoms with E-state index in [9.17, 15) is 9.59 Å². The summed E-state index contributed by atoms with van der Waals surface area (Å²) in [5.74, 6) is 0.193. The van der Waals surface area contributed by atoms with Crippen LogP contribution >= 0.6 is 0 Å². The van der Waals surface area contributed by atoms with Crippen molar-refractivity contribution in [2.75, 3.05) is 7.11 Å². The van der Waals surface area contributed by atoms with Crippen molar-refractivity contribution in [3.8, 4) is 0 Å². The van der Waals surface area contributed by atoms with Crippen LogP contribution in [0.25, 0.3) is 0 Å². The van der Waals surface area contributed by atoms with Crippen LogP contribution in [0, 0.1) is 12.8 Å². The van der Waals surface area contributed by atoms with Gasteiger partial charge in [0.2, 0.25) is 0 Å². The molecule has 1 aromatic heterocycles. The lowest BCUT2D eigenvalue weighted by atomic mass is 9.89. The van der Waals surface area contributed by atoms with Crippen LogP contribution in [0.2, 0.25) is 0 Å². The third-order valence-corrected chi connectivity index (χ3v) is 2.95. The highest BCUT2D eigenvalue weighted by Gasteiger charge is 2.20. The lowest BCUT2D eigenvalue weighted by Crippen LogP contribution is -2.18. The highest BCUT2D eigenvalue weighted by molar-refractivity contribution is 5.72. The fraction of sp³-hybridized carbons (Fsp3) is 0.615. The third kappa shape index (κ3) is 5.12. The van der Waals surface area contributed by atoms with E-state index in [1.165, 1.54) is 32.6 Å². The molecule has 1 N–H and O–H groups in total. The maximum absolute atomic E-state index is 10.9. The van der Waals surface area contributed by atoms with E-state index < -0.39 is 0 Å². The monoisotopic (exact) mass is 252 g/mol. The Morgan fingerprint density at radius 1 is 1.39 bits per heavy atom. The van der Waals surface area contributed by atoms with Crippen LogP contribution in [0.3, 0.4) is 0 Å². The minimum absolute atomic E-state index is 0.0142. The first-order valence-electron chi connectivity index (χ1n) is 6.22. The normalized spacial score (nSPS) is 15.4. The van der Waals surface area contributed by atoms with Crippen LogP contribution in [0.5, 0.6) is 0 Å². The number of rotatable bonds is 1. The van der Waals surface area contributed by atoms with Crippen LogP contribution in [-0.2, 0) is 9.53 Å². The summed E-state index contributed by atoms with van der Waals surface area (Å²) >= 11 is 0. The molecule has 1 heterocycles. The molecule has 5 nitrogen and oxygen atoms in total. The molecule has 1 saturated carbocycles. The Labute approximate surface area is 107 Å². The van der Waals surface area contributed by atoms with Gasteiger partial charge in [0.1, 0.15) is 0 Å². The first-order valence-corrected chi connectivity index (χ1v) is 6.22. The van der Waals surface area contributed by atoms with Crippen molar-refractivity contribution in [2.24, 2.45) is 5.92 Å². The molecule has 0 amide bonds. The molecule has 18 heavy (non-hydrogen) atoms. The lowest BCUT2D eigenvalue weighted by Gasteiger charge is -2.18. The number of aromatic nitrogens is 2. The van der Waals surface area contributed by atoms with Crippen molar-refractivity contribution in [2.45, 2.75) is 39.0 Å². The van der Waals surface area contributed by atoms with Gasteiger partial charge < -0.3 is 9.72 Å². The number of ether oxygens (including phenoxy) is 1. The number of aryl methyl sites for hydroxylation is 1. The number of hydrogen-bond acceptors (Lipinski definition) is 4. The van der Waals surface area contributed by atoms with Crippen molar-refractivity contribution in [1.82, 2.24) is 9.97 Å². The van der Waals surface area contributed by atoms with Gasteiger partial charge in [-0.05, 0) is 19.8 Å². The molecule has 0 unspecified atom stereocenters. The summed E-state index contributed by atoms with van der Waals surface area (Å²) in [6, 6.07) is 0. The summed E-state index contributed by atoms with van der Waals surface area (Å²) < 4.78 is 4.65. The van der Waals surface area contributed by atoms with E-state index in [1.54, 1.807) is 6.20 Å². The average Bonchev–Trinajstić information content (AvgIpc) is 2.43. The van der Waals surface area contributed by atoms with E-state index in [0.717, 1.165) is 18.5 Å². The van der Waals surface area contributed by atoms with Crippen LogP contribution in [-0.4, -0.2) is 23.0 Å². The summed E-state index contributed by atoms with van der Waals surface area (Å²) in [7, 11) is 1.47. The smallest absolute Gasteiger partial charge is 0.308 e. The number of hydrogen-bond donors (Lipinski definition) is 1. The van der Waals surface area contributed by atoms with Crippen molar-refractivity contribution in [3.05, 3.63) is 28.4 Å². The minimum atomic E-state index is -0.157. The second-order valence-corrected chi connectivity index (χ2v) is 4.41. The Balaban J connectivity index is 0.000000184. The molecule has 2 rings (SSSR count). The molecular formula is C13H20N2O3. The minimum Gasteiger partial charge on any atom is -0.469 e. The molecule has 0 atom stereocenters. The van der Waals surface area contributed by atoms with Crippen molar-refractivity contribution < 1.29 is 9.53 Å². The Morgan fingerprint density at radius 3 is 2.50 bits per heavy atom. The maximum atomic E-state index is 10.9. The fourth-order valence-corrected chi connectivity index (χ4v) is 1.92. The van der Waals surface area contributed by atoms with Crippen molar-refractivity contribution in [1.29, 1.82) is 0 Å². The van der Waals surface area contributed by atoms with Gasteiger partial charge >= 0.3 is 5.97 Å². The number of methoxy groups -OCH3 is 1. The second kappa shape index (κ2) is 7.63. The topological polar surface area (TPSA) is 72.1 Å². The Kier molecular flexibility index (Phi) is 6.11. The van der Waals surface area contributed by atoms with Gasteiger partial charge in [0, 0.05) is 6.20 Å². The van der Waals surface area contributed by atoms with E-state index in [2.05, 4.69) is 14.7 Å². The Hall–Kier alpha value is -1.65. The number of H-pyrrole nitrogens is 1. The number of esters is 1. The zero-order valence-corrected chi connectivity index (χ0v) is 10.9. The van der Waals surface area contributed by atoms with Crippen molar-refractivity contribution >= 4 is 5.97 Å². The molecule has 100 valence electrons. The second-order valence-electron chi connectivity index (χ2n) is 4.41. The van der Waals surface area contributed by atoms with Crippen LogP contribution < -0.4 is 5.56 Å². The Bertz CT molecular complexity index is 402. The van der Waals surface area contributed by atoms with Gasteiger partial charge in [-0.3, -0.25) is 14.6 Å². The quantitative estimate of drug-likeness (QED) is 0.774. The van der Waals surface area contributed by atoms with E-state index in [4.69, 9.17) is 0 Å². The summed E-state index contributed by atoms with van der Waals surface area (Å²) in [5.41, 5.74) is 0.667. The number of aromatic amines is 1. The van der Waals surface area contributed by atoms with Gasteiger partial charge in [-0.15, -0.1) is 0 Å². The molecule has 1 aliphatic carbocycles.